The van der Waals surface area contributed by atoms with Crippen molar-refractivity contribution < 1.29 is 13.2 Å². The molecule has 32 heavy (non-hydrogen) atoms. The lowest BCUT2D eigenvalue weighted by molar-refractivity contribution is -0.125. The molecule has 1 aromatic carbocycles. The van der Waals surface area contributed by atoms with E-state index in [0.717, 1.165) is 44.9 Å². The van der Waals surface area contributed by atoms with Crippen LogP contribution in [0.2, 0.25) is 5.02 Å². The van der Waals surface area contributed by atoms with Gasteiger partial charge in [0.2, 0.25) is 0 Å². The molecule has 176 valence electrons. The number of fused-ring (bicyclic) bond motifs is 2. The minimum absolute atomic E-state index is 0.134. The van der Waals surface area contributed by atoms with Crippen molar-refractivity contribution >= 4 is 27.2 Å². The zero-order valence-corrected chi connectivity index (χ0v) is 20.5. The number of hydrogen-bond donors (Lipinski definition) is 0. The maximum Gasteiger partial charge on any atom is 0.181 e. The largest absolute Gasteiger partial charge is 0.300 e. The van der Waals surface area contributed by atoms with Crippen molar-refractivity contribution in [2.24, 2.45) is 23.7 Å². The van der Waals surface area contributed by atoms with Gasteiger partial charge in [0, 0.05) is 23.4 Å². The van der Waals surface area contributed by atoms with Crippen molar-refractivity contribution in [3.05, 3.63) is 29.3 Å². The van der Waals surface area contributed by atoms with Crippen LogP contribution in [0, 0.1) is 23.7 Å². The number of carbonyl (C=O) groups excluding carboxylic acids is 1. The highest BCUT2D eigenvalue weighted by Crippen LogP contribution is 2.54. The van der Waals surface area contributed by atoms with Crippen LogP contribution in [0.3, 0.4) is 0 Å². The Hall–Kier alpha value is -0.910. The Labute approximate surface area is 198 Å². The van der Waals surface area contributed by atoms with Gasteiger partial charge in [-0.15, -0.1) is 0 Å². The first-order chi connectivity index (χ1) is 15.4. The molecule has 0 aromatic heterocycles. The van der Waals surface area contributed by atoms with Gasteiger partial charge in [-0.1, -0.05) is 18.0 Å². The average molecular weight is 478 g/mol. The van der Waals surface area contributed by atoms with Gasteiger partial charge in [-0.05, 0) is 113 Å². The first-order valence-corrected chi connectivity index (χ1v) is 14.6. The van der Waals surface area contributed by atoms with Crippen LogP contribution in [0.15, 0.2) is 29.2 Å². The predicted molar refractivity (Wildman–Crippen MR) is 128 cm³/mol. The van der Waals surface area contributed by atoms with E-state index in [4.69, 9.17) is 11.6 Å². The minimum Gasteiger partial charge on any atom is -0.300 e. The molecule has 4 fully saturated rings. The predicted octanol–water partition coefficient (Wildman–Crippen LogP) is 5.53. The lowest BCUT2D eigenvalue weighted by Crippen LogP contribution is -2.42. The third-order valence-corrected chi connectivity index (χ3v) is 11.6. The molecule has 0 amide bonds. The fourth-order valence-corrected chi connectivity index (χ4v) is 9.90. The number of likely N-dealkylation sites (tertiary alicyclic amines) is 1. The zero-order valence-electron chi connectivity index (χ0n) is 18.9. The molecule has 3 saturated carbocycles. The Bertz CT molecular complexity index is 917. The Morgan fingerprint density at radius 3 is 2.31 bits per heavy atom. The molecule has 0 radical (unpaired) electrons. The monoisotopic (exact) mass is 477 g/mol. The third kappa shape index (κ3) is 4.42. The van der Waals surface area contributed by atoms with E-state index in [1.807, 2.05) is 0 Å². The van der Waals surface area contributed by atoms with Gasteiger partial charge in [0.25, 0.3) is 0 Å². The molecule has 6 heteroatoms. The van der Waals surface area contributed by atoms with Crippen LogP contribution in [0.5, 0.6) is 0 Å². The van der Waals surface area contributed by atoms with E-state index in [2.05, 4.69) is 4.90 Å². The quantitative estimate of drug-likeness (QED) is 0.540. The summed E-state index contributed by atoms with van der Waals surface area (Å²) in [6.45, 7) is 2.47. The van der Waals surface area contributed by atoms with E-state index in [-0.39, 0.29) is 28.9 Å². The number of sulfone groups is 1. The van der Waals surface area contributed by atoms with E-state index < -0.39 is 9.84 Å². The molecule has 4 atom stereocenters. The van der Waals surface area contributed by atoms with Crippen molar-refractivity contribution in [1.82, 2.24) is 4.90 Å². The van der Waals surface area contributed by atoms with Crippen LogP contribution in [-0.2, 0) is 14.6 Å². The second-order valence-corrected chi connectivity index (χ2v) is 13.3. The molecule has 0 spiro atoms. The number of nitrogens with zero attached hydrogens (tertiary/aromatic N) is 1. The molecule has 4 aliphatic rings. The highest BCUT2D eigenvalue weighted by atomic mass is 35.5. The molecule has 1 heterocycles. The van der Waals surface area contributed by atoms with Gasteiger partial charge in [-0.25, -0.2) is 8.42 Å². The van der Waals surface area contributed by atoms with Crippen molar-refractivity contribution in [2.75, 3.05) is 13.1 Å². The molecule has 3 aliphatic carbocycles. The number of benzene rings is 1. The summed E-state index contributed by atoms with van der Waals surface area (Å²) < 4.78 is 26.8. The molecule has 1 saturated heterocycles. The fourth-order valence-electron chi connectivity index (χ4n) is 7.38. The standard InChI is InChI=1S/C26H36ClNO3S/c27-21-7-11-23(12-8-21)32(30,31)26-19-6-13-24(26)20(16-19)17-25(29)18-4-9-22(10-5-18)28-14-2-1-3-15-28/h7-8,11-12,18-20,22,24,26H,1-6,9-10,13-17H2/t18?,19-,20?,22?,24?,26?/m1/s1. The number of piperidine rings is 1. The summed E-state index contributed by atoms with van der Waals surface area (Å²) in [4.78, 5) is 16.2. The summed E-state index contributed by atoms with van der Waals surface area (Å²) in [6.07, 6.45) is 11.8. The highest BCUT2D eigenvalue weighted by Gasteiger charge is 2.54. The van der Waals surface area contributed by atoms with Crippen LogP contribution >= 0.6 is 11.6 Å². The average Bonchev–Trinajstić information content (AvgIpc) is 3.39. The van der Waals surface area contributed by atoms with Crippen LogP contribution in [0.25, 0.3) is 0 Å². The van der Waals surface area contributed by atoms with E-state index >= 15 is 0 Å². The lowest BCUT2D eigenvalue weighted by Gasteiger charge is -2.38. The summed E-state index contributed by atoms with van der Waals surface area (Å²) in [5.41, 5.74) is 0. The molecule has 4 nitrogen and oxygen atoms in total. The van der Waals surface area contributed by atoms with Crippen molar-refractivity contribution in [3.8, 4) is 0 Å². The third-order valence-electron chi connectivity index (χ3n) is 8.99. The first kappa shape index (κ1) is 22.9. The van der Waals surface area contributed by atoms with Crippen molar-refractivity contribution in [2.45, 2.75) is 86.8 Å². The molecule has 5 rings (SSSR count). The van der Waals surface area contributed by atoms with Crippen molar-refractivity contribution in [1.29, 1.82) is 0 Å². The molecule has 3 unspecified atom stereocenters. The van der Waals surface area contributed by atoms with E-state index in [0.29, 0.717) is 28.2 Å². The summed E-state index contributed by atoms with van der Waals surface area (Å²) in [5.74, 6) is 1.18. The number of carbonyl (C=O) groups is 1. The summed E-state index contributed by atoms with van der Waals surface area (Å²) in [7, 11) is -3.38. The summed E-state index contributed by atoms with van der Waals surface area (Å²) in [5, 5.41) is 0.230. The minimum atomic E-state index is -3.38. The first-order valence-electron chi connectivity index (χ1n) is 12.7. The number of rotatable bonds is 6. The number of hydrogen-bond acceptors (Lipinski definition) is 4. The second kappa shape index (κ2) is 9.38. The lowest BCUT2D eigenvalue weighted by atomic mass is 9.77. The summed E-state index contributed by atoms with van der Waals surface area (Å²) >= 11 is 5.96. The fraction of sp³-hybridized carbons (Fsp3) is 0.731. The topological polar surface area (TPSA) is 54.5 Å². The van der Waals surface area contributed by atoms with Gasteiger partial charge in [0.1, 0.15) is 5.78 Å². The molecule has 1 aromatic rings. The van der Waals surface area contributed by atoms with Crippen LogP contribution in [0.4, 0.5) is 0 Å². The Balaban J connectivity index is 1.19. The van der Waals surface area contributed by atoms with Gasteiger partial charge in [-0.2, -0.15) is 0 Å². The maximum atomic E-state index is 13.4. The van der Waals surface area contributed by atoms with E-state index in [1.165, 1.54) is 32.4 Å². The maximum absolute atomic E-state index is 13.4. The number of halogens is 1. The Kier molecular flexibility index (Phi) is 6.70. The van der Waals surface area contributed by atoms with Crippen LogP contribution in [-0.4, -0.2) is 43.5 Å². The molecule has 0 N–H and O–H groups in total. The zero-order chi connectivity index (χ0) is 22.3. The van der Waals surface area contributed by atoms with E-state index in [9.17, 15) is 13.2 Å². The molecular formula is C26H36ClNO3S. The molecular weight excluding hydrogens is 442 g/mol. The number of ketones is 1. The SMILES string of the molecule is O=C(CC1C[C@H]2CCC1C2S(=O)(=O)c1ccc(Cl)cc1)C1CCC(N2CCCCC2)CC1. The normalized spacial score (nSPS) is 35.8. The van der Waals surface area contributed by atoms with Gasteiger partial charge >= 0.3 is 0 Å². The number of Topliss-reactive ketones (excluding diaryl/α,β-unsaturated/α-hetero) is 1. The molecule has 1 aliphatic heterocycles. The smallest absolute Gasteiger partial charge is 0.181 e. The molecule has 2 bridgehead atoms. The highest BCUT2D eigenvalue weighted by molar-refractivity contribution is 7.92. The van der Waals surface area contributed by atoms with Gasteiger partial charge in [0.15, 0.2) is 9.84 Å². The summed E-state index contributed by atoms with van der Waals surface area (Å²) in [6, 6.07) is 7.27. The van der Waals surface area contributed by atoms with E-state index in [1.54, 1.807) is 24.3 Å². The second-order valence-electron chi connectivity index (χ2n) is 10.7. The van der Waals surface area contributed by atoms with Gasteiger partial charge < -0.3 is 4.90 Å². The van der Waals surface area contributed by atoms with Crippen LogP contribution < -0.4 is 0 Å². The van der Waals surface area contributed by atoms with Crippen LogP contribution in [0.1, 0.15) is 70.6 Å². The van der Waals surface area contributed by atoms with Gasteiger partial charge in [-0.3, -0.25) is 4.79 Å². The van der Waals surface area contributed by atoms with Crippen molar-refractivity contribution in [3.63, 3.8) is 0 Å². The Morgan fingerprint density at radius 2 is 1.62 bits per heavy atom. The van der Waals surface area contributed by atoms with Gasteiger partial charge in [0.05, 0.1) is 10.1 Å². The Morgan fingerprint density at radius 1 is 0.938 bits per heavy atom.